The maximum absolute atomic E-state index is 12.8. The van der Waals surface area contributed by atoms with E-state index in [0.717, 1.165) is 57.2 Å². The van der Waals surface area contributed by atoms with Gasteiger partial charge in [-0.3, -0.25) is 4.79 Å². The van der Waals surface area contributed by atoms with Gasteiger partial charge in [0, 0.05) is 32.3 Å². The van der Waals surface area contributed by atoms with Gasteiger partial charge in [0.25, 0.3) is 0 Å². The van der Waals surface area contributed by atoms with Crippen LogP contribution >= 0.6 is 0 Å². The van der Waals surface area contributed by atoms with Crippen molar-refractivity contribution in [2.24, 2.45) is 0 Å². The van der Waals surface area contributed by atoms with E-state index >= 15 is 0 Å². The second kappa shape index (κ2) is 9.51. The molecule has 27 heavy (non-hydrogen) atoms. The molecule has 1 aromatic carbocycles. The Bertz CT molecular complexity index is 740. The summed E-state index contributed by atoms with van der Waals surface area (Å²) >= 11 is 0. The highest BCUT2D eigenvalue weighted by atomic mass is 32.2. The number of sulfonamides is 1. The van der Waals surface area contributed by atoms with Gasteiger partial charge in [-0.1, -0.05) is 37.8 Å². The second-order valence-corrected chi connectivity index (χ2v) is 9.40. The number of hydrogen-bond donors (Lipinski definition) is 0. The van der Waals surface area contributed by atoms with Crippen LogP contribution in [-0.2, 0) is 14.8 Å². The molecule has 2 saturated heterocycles. The van der Waals surface area contributed by atoms with Crippen LogP contribution in [-0.4, -0.2) is 49.7 Å². The van der Waals surface area contributed by atoms with E-state index in [1.165, 1.54) is 12.8 Å². The van der Waals surface area contributed by atoms with Gasteiger partial charge in [0.15, 0.2) is 0 Å². The molecule has 2 fully saturated rings. The molecule has 0 spiro atoms. The van der Waals surface area contributed by atoms with Crippen LogP contribution < -0.4 is 0 Å². The molecule has 2 heterocycles. The minimum absolute atomic E-state index is 0.0400. The molecule has 1 aromatic rings. The van der Waals surface area contributed by atoms with Crippen molar-refractivity contribution in [3.63, 3.8) is 0 Å². The van der Waals surface area contributed by atoms with Crippen molar-refractivity contribution >= 4 is 22.0 Å². The number of amides is 1. The topological polar surface area (TPSA) is 57.7 Å². The first-order valence-electron chi connectivity index (χ1n) is 10.1. The number of carbonyl (C=O) groups excluding carboxylic acids is 1. The third kappa shape index (κ3) is 5.42. The Morgan fingerprint density at radius 2 is 1.30 bits per heavy atom. The highest BCUT2D eigenvalue weighted by Gasteiger charge is 2.24. The van der Waals surface area contributed by atoms with Crippen LogP contribution in [0.25, 0.3) is 6.08 Å². The SMILES string of the molecule is O=C(/C=C/c1ccc(S(=O)(=O)N2CCCCCC2)cc1)N1CCCCCC1. The lowest BCUT2D eigenvalue weighted by Gasteiger charge is -2.20. The van der Waals surface area contributed by atoms with Crippen molar-refractivity contribution in [1.82, 2.24) is 9.21 Å². The summed E-state index contributed by atoms with van der Waals surface area (Å²) in [6, 6.07) is 6.85. The number of rotatable bonds is 4. The molecule has 0 atom stereocenters. The third-order valence-corrected chi connectivity index (χ3v) is 7.33. The first kappa shape index (κ1) is 20.1. The Balaban J connectivity index is 1.64. The summed E-state index contributed by atoms with van der Waals surface area (Å²) in [6.07, 6.45) is 12.0. The standard InChI is InChI=1S/C21H30N2O3S/c24-21(22-15-5-1-2-6-16-22)14-11-19-9-12-20(13-10-19)27(25,26)23-17-7-3-4-8-18-23/h9-14H,1-8,15-18H2/b14-11+. The Hall–Kier alpha value is -1.66. The summed E-state index contributed by atoms with van der Waals surface area (Å²) in [4.78, 5) is 14.6. The van der Waals surface area contributed by atoms with Gasteiger partial charge < -0.3 is 4.90 Å². The summed E-state index contributed by atoms with van der Waals surface area (Å²) in [7, 11) is -3.42. The maximum Gasteiger partial charge on any atom is 0.246 e. The Labute approximate surface area is 163 Å². The zero-order valence-electron chi connectivity index (χ0n) is 16.0. The van der Waals surface area contributed by atoms with Crippen molar-refractivity contribution in [1.29, 1.82) is 0 Å². The molecule has 0 radical (unpaired) electrons. The molecule has 0 saturated carbocycles. The van der Waals surface area contributed by atoms with Crippen LogP contribution in [0.4, 0.5) is 0 Å². The zero-order valence-corrected chi connectivity index (χ0v) is 16.8. The Morgan fingerprint density at radius 1 is 0.778 bits per heavy atom. The average Bonchev–Trinajstić information content (AvgIpc) is 3.12. The van der Waals surface area contributed by atoms with Crippen LogP contribution in [0.2, 0.25) is 0 Å². The van der Waals surface area contributed by atoms with E-state index in [4.69, 9.17) is 0 Å². The summed E-state index contributed by atoms with van der Waals surface area (Å²) in [5, 5.41) is 0. The van der Waals surface area contributed by atoms with Gasteiger partial charge in [-0.15, -0.1) is 0 Å². The zero-order chi connectivity index (χ0) is 19.1. The molecule has 148 valence electrons. The summed E-state index contributed by atoms with van der Waals surface area (Å²) < 4.78 is 27.2. The van der Waals surface area contributed by atoms with Gasteiger partial charge in [-0.2, -0.15) is 4.31 Å². The Morgan fingerprint density at radius 3 is 1.85 bits per heavy atom. The minimum atomic E-state index is -3.42. The summed E-state index contributed by atoms with van der Waals surface area (Å²) in [5.74, 6) is 0.0400. The summed E-state index contributed by atoms with van der Waals surface area (Å²) in [6.45, 7) is 2.87. The van der Waals surface area contributed by atoms with Crippen molar-refractivity contribution < 1.29 is 13.2 Å². The third-order valence-electron chi connectivity index (χ3n) is 5.42. The van der Waals surface area contributed by atoms with Crippen LogP contribution in [0.15, 0.2) is 35.2 Å². The molecule has 5 nitrogen and oxygen atoms in total. The number of nitrogens with zero attached hydrogens (tertiary/aromatic N) is 2. The van der Waals surface area contributed by atoms with Gasteiger partial charge in [-0.25, -0.2) is 8.42 Å². The first-order chi connectivity index (χ1) is 13.1. The van der Waals surface area contributed by atoms with E-state index in [1.807, 2.05) is 4.90 Å². The fourth-order valence-corrected chi connectivity index (χ4v) is 5.26. The number of benzene rings is 1. The fourth-order valence-electron chi connectivity index (χ4n) is 3.75. The molecule has 2 aliphatic heterocycles. The van der Waals surface area contributed by atoms with Crippen molar-refractivity contribution in [2.75, 3.05) is 26.2 Å². The van der Waals surface area contributed by atoms with E-state index in [-0.39, 0.29) is 5.91 Å². The molecular weight excluding hydrogens is 360 g/mol. The fraction of sp³-hybridized carbons (Fsp3) is 0.571. The molecule has 0 unspecified atom stereocenters. The first-order valence-corrected chi connectivity index (χ1v) is 11.6. The van der Waals surface area contributed by atoms with Gasteiger partial charge >= 0.3 is 0 Å². The largest absolute Gasteiger partial charge is 0.339 e. The predicted octanol–water partition coefficient (Wildman–Crippen LogP) is 3.67. The van der Waals surface area contributed by atoms with Crippen molar-refractivity contribution in [3.8, 4) is 0 Å². The average molecular weight is 391 g/mol. The number of likely N-dealkylation sites (tertiary alicyclic amines) is 1. The lowest BCUT2D eigenvalue weighted by molar-refractivity contribution is -0.125. The maximum atomic E-state index is 12.8. The van der Waals surface area contributed by atoms with Gasteiger partial charge in [-0.05, 0) is 49.5 Å². The van der Waals surface area contributed by atoms with Crippen LogP contribution in [0.5, 0.6) is 0 Å². The van der Waals surface area contributed by atoms with Crippen molar-refractivity contribution in [3.05, 3.63) is 35.9 Å². The van der Waals surface area contributed by atoms with E-state index in [2.05, 4.69) is 0 Å². The van der Waals surface area contributed by atoms with Crippen molar-refractivity contribution in [2.45, 2.75) is 56.3 Å². The lowest BCUT2D eigenvalue weighted by atomic mass is 10.2. The quantitative estimate of drug-likeness (QED) is 0.737. The molecule has 0 aromatic heterocycles. The Kier molecular flexibility index (Phi) is 7.07. The number of carbonyl (C=O) groups is 1. The lowest BCUT2D eigenvalue weighted by Crippen LogP contribution is -2.31. The molecule has 2 aliphatic rings. The monoisotopic (exact) mass is 390 g/mol. The van der Waals surface area contributed by atoms with Gasteiger partial charge in [0.2, 0.25) is 15.9 Å². The van der Waals surface area contributed by atoms with E-state index in [1.54, 1.807) is 40.7 Å². The molecule has 6 heteroatoms. The highest BCUT2D eigenvalue weighted by molar-refractivity contribution is 7.89. The normalized spacial score (nSPS) is 20.4. The minimum Gasteiger partial charge on any atom is -0.339 e. The molecule has 3 rings (SSSR count). The molecule has 1 amide bonds. The van der Waals surface area contributed by atoms with E-state index < -0.39 is 10.0 Å². The highest BCUT2D eigenvalue weighted by Crippen LogP contribution is 2.21. The van der Waals surface area contributed by atoms with Crippen LogP contribution in [0, 0.1) is 0 Å². The van der Waals surface area contributed by atoms with E-state index in [0.29, 0.717) is 18.0 Å². The smallest absolute Gasteiger partial charge is 0.246 e. The molecule has 0 bridgehead atoms. The van der Waals surface area contributed by atoms with E-state index in [9.17, 15) is 13.2 Å². The van der Waals surface area contributed by atoms with Gasteiger partial charge in [0.05, 0.1) is 4.90 Å². The second-order valence-electron chi connectivity index (χ2n) is 7.46. The predicted molar refractivity (Wildman–Crippen MR) is 108 cm³/mol. The summed E-state index contributed by atoms with van der Waals surface area (Å²) in [5.41, 5.74) is 0.841. The molecule has 0 N–H and O–H groups in total. The molecule has 0 aliphatic carbocycles. The van der Waals surface area contributed by atoms with Crippen LogP contribution in [0.1, 0.15) is 56.9 Å². The number of hydrogen-bond acceptors (Lipinski definition) is 3. The van der Waals surface area contributed by atoms with Crippen LogP contribution in [0.3, 0.4) is 0 Å². The molecular formula is C21H30N2O3S. The van der Waals surface area contributed by atoms with Gasteiger partial charge in [0.1, 0.15) is 0 Å².